The first-order valence-electron chi connectivity index (χ1n) is 12.1. The van der Waals surface area contributed by atoms with Gasteiger partial charge in [-0.2, -0.15) is 0 Å². The van der Waals surface area contributed by atoms with Crippen LogP contribution < -0.4 is 20.9 Å². The first-order chi connectivity index (χ1) is 17.5. The molecule has 0 atom stereocenters. The van der Waals surface area contributed by atoms with E-state index in [2.05, 4.69) is 10.6 Å². The van der Waals surface area contributed by atoms with Gasteiger partial charge in [-0.3, -0.25) is 19.6 Å². The molecule has 0 unspecified atom stereocenters. The molecule has 1 saturated carbocycles. The van der Waals surface area contributed by atoms with Crippen molar-refractivity contribution in [2.75, 3.05) is 13.7 Å². The van der Waals surface area contributed by atoms with E-state index in [0.29, 0.717) is 18.5 Å². The van der Waals surface area contributed by atoms with Crippen LogP contribution in [-0.2, 0) is 14.4 Å². The highest BCUT2D eigenvalue weighted by Crippen LogP contribution is 2.25. The summed E-state index contributed by atoms with van der Waals surface area (Å²) < 4.78 is 5.23. The minimum absolute atomic E-state index is 0.0972. The average Bonchev–Trinajstić information content (AvgIpc) is 3.72. The van der Waals surface area contributed by atoms with Gasteiger partial charge in [-0.1, -0.05) is 42.8 Å². The van der Waals surface area contributed by atoms with Gasteiger partial charge in [0.15, 0.2) is 0 Å². The number of hydrogen-bond acceptors (Lipinski definition) is 5. The number of nitrogens with one attached hydrogen (secondary N) is 3. The van der Waals surface area contributed by atoms with Gasteiger partial charge in [-0.25, -0.2) is 5.48 Å². The minimum Gasteiger partial charge on any atom is -0.497 e. The van der Waals surface area contributed by atoms with E-state index in [1.165, 1.54) is 6.08 Å². The van der Waals surface area contributed by atoms with Crippen molar-refractivity contribution in [3.05, 3.63) is 71.3 Å². The largest absolute Gasteiger partial charge is 0.497 e. The van der Waals surface area contributed by atoms with Gasteiger partial charge in [0.1, 0.15) is 5.75 Å². The summed E-state index contributed by atoms with van der Waals surface area (Å²) in [7, 11) is 1.61. The van der Waals surface area contributed by atoms with Crippen LogP contribution in [0.3, 0.4) is 0 Å². The Labute approximate surface area is 211 Å². The third kappa shape index (κ3) is 9.03. The van der Waals surface area contributed by atoms with Gasteiger partial charge in [0.25, 0.3) is 5.91 Å². The number of ether oxygens (including phenoxy) is 1. The second-order valence-corrected chi connectivity index (χ2v) is 8.67. The lowest BCUT2D eigenvalue weighted by atomic mass is 10.0. The maximum atomic E-state index is 12.9. The van der Waals surface area contributed by atoms with Gasteiger partial charge in [0.05, 0.1) is 7.11 Å². The molecular weight excluding hydrogens is 458 g/mol. The molecule has 3 rings (SSSR count). The van der Waals surface area contributed by atoms with Crippen LogP contribution in [0.5, 0.6) is 5.75 Å². The minimum atomic E-state index is -0.401. The van der Waals surface area contributed by atoms with Crippen LogP contribution >= 0.6 is 0 Å². The van der Waals surface area contributed by atoms with Crippen molar-refractivity contribution in [1.29, 1.82) is 0 Å². The summed E-state index contributed by atoms with van der Waals surface area (Å²) in [6.07, 6.45) is 9.56. The van der Waals surface area contributed by atoms with E-state index >= 15 is 0 Å². The third-order valence-electron chi connectivity index (χ3n) is 5.74. The van der Waals surface area contributed by atoms with Gasteiger partial charge >= 0.3 is 0 Å². The Morgan fingerprint density at radius 3 is 2.31 bits per heavy atom. The van der Waals surface area contributed by atoms with Gasteiger partial charge < -0.3 is 15.4 Å². The molecule has 2 aromatic carbocycles. The number of carbonyl (C=O) groups excluding carboxylic acids is 3. The Hall–Kier alpha value is -3.91. The van der Waals surface area contributed by atoms with E-state index in [1.807, 2.05) is 54.6 Å². The van der Waals surface area contributed by atoms with Crippen LogP contribution in [0, 0.1) is 0 Å². The predicted octanol–water partition coefficient (Wildman–Crippen LogP) is 3.71. The number of methoxy groups -OCH3 is 1. The summed E-state index contributed by atoms with van der Waals surface area (Å²) in [4.78, 5) is 35.9. The Kier molecular flexibility index (Phi) is 10.3. The molecular formula is C28H33N3O5. The van der Waals surface area contributed by atoms with Crippen LogP contribution in [0.1, 0.15) is 55.2 Å². The molecule has 2 aromatic rings. The molecule has 190 valence electrons. The van der Waals surface area contributed by atoms with Crippen molar-refractivity contribution < 1.29 is 24.3 Å². The summed E-state index contributed by atoms with van der Waals surface area (Å²) >= 11 is 0. The molecule has 0 heterocycles. The fourth-order valence-electron chi connectivity index (χ4n) is 3.50. The molecule has 4 N–H and O–H groups in total. The number of rotatable bonds is 13. The molecule has 0 spiro atoms. The fourth-order valence-corrected chi connectivity index (χ4v) is 3.50. The van der Waals surface area contributed by atoms with E-state index in [-0.39, 0.29) is 24.3 Å². The summed E-state index contributed by atoms with van der Waals surface area (Å²) in [5.41, 5.74) is 4.74. The van der Waals surface area contributed by atoms with E-state index in [9.17, 15) is 14.4 Å². The fraction of sp³-hybridized carbons (Fsp3) is 0.321. The maximum absolute atomic E-state index is 12.9. The molecule has 0 saturated heterocycles. The number of hydroxylamine groups is 1. The Morgan fingerprint density at radius 1 is 0.972 bits per heavy atom. The second-order valence-electron chi connectivity index (χ2n) is 8.67. The maximum Gasteiger partial charge on any atom is 0.252 e. The summed E-state index contributed by atoms with van der Waals surface area (Å²) in [6, 6.07) is 15.3. The molecule has 0 radical (unpaired) electrons. The summed E-state index contributed by atoms with van der Waals surface area (Å²) in [5, 5.41) is 14.3. The molecule has 0 bridgehead atoms. The average molecular weight is 492 g/mol. The lowest BCUT2D eigenvalue weighted by Gasteiger charge is -2.10. The predicted molar refractivity (Wildman–Crippen MR) is 139 cm³/mol. The van der Waals surface area contributed by atoms with Crippen molar-refractivity contribution in [3.63, 3.8) is 0 Å². The lowest BCUT2D eigenvalue weighted by Crippen LogP contribution is -2.26. The van der Waals surface area contributed by atoms with E-state index < -0.39 is 5.91 Å². The molecule has 3 amide bonds. The Balaban J connectivity index is 1.56. The molecule has 36 heavy (non-hydrogen) atoms. The number of hydrogen-bond donors (Lipinski definition) is 4. The highest BCUT2D eigenvalue weighted by Gasteiger charge is 2.25. The standard InChI is InChI=1S/C28H33N3O5/c1-36-24-15-11-22(12-16-24)25(28(34)30-23-13-14-23)19-21-8-6-20(7-9-21)10-17-26(32)29-18-4-2-3-5-27(33)31-35/h6-12,15-17,19,23,35H,2-5,13-14,18H2,1H3,(H,29,32)(H,30,34)(H,31,33)/b17-10?,25-19+. The number of benzene rings is 2. The van der Waals surface area contributed by atoms with Crippen molar-refractivity contribution in [2.45, 2.75) is 44.6 Å². The first-order valence-corrected chi connectivity index (χ1v) is 12.1. The molecule has 8 nitrogen and oxygen atoms in total. The third-order valence-corrected chi connectivity index (χ3v) is 5.74. The lowest BCUT2D eigenvalue weighted by molar-refractivity contribution is -0.129. The SMILES string of the molecule is COc1ccc(/C(=C\c2ccc(C=CC(=O)NCCCCCC(=O)NO)cc2)C(=O)NC2CC2)cc1. The van der Waals surface area contributed by atoms with Crippen LogP contribution in [0.15, 0.2) is 54.6 Å². The highest BCUT2D eigenvalue weighted by atomic mass is 16.5. The zero-order valence-electron chi connectivity index (χ0n) is 20.5. The smallest absolute Gasteiger partial charge is 0.252 e. The molecule has 1 fully saturated rings. The highest BCUT2D eigenvalue weighted by molar-refractivity contribution is 6.24. The van der Waals surface area contributed by atoms with Crippen LogP contribution in [0.25, 0.3) is 17.7 Å². The second kappa shape index (κ2) is 13.8. The molecule has 1 aliphatic carbocycles. The summed E-state index contributed by atoms with van der Waals surface area (Å²) in [6.45, 7) is 0.519. The summed E-state index contributed by atoms with van der Waals surface area (Å²) in [5.74, 6) is 0.0421. The van der Waals surface area contributed by atoms with Crippen molar-refractivity contribution in [2.24, 2.45) is 0 Å². The first kappa shape index (κ1) is 26.7. The zero-order chi connectivity index (χ0) is 25.8. The van der Waals surface area contributed by atoms with Gasteiger partial charge in [0.2, 0.25) is 11.8 Å². The zero-order valence-corrected chi connectivity index (χ0v) is 20.5. The van der Waals surface area contributed by atoms with E-state index in [0.717, 1.165) is 48.1 Å². The van der Waals surface area contributed by atoms with Crippen molar-refractivity contribution in [1.82, 2.24) is 16.1 Å². The van der Waals surface area contributed by atoms with E-state index in [4.69, 9.17) is 9.94 Å². The Morgan fingerprint density at radius 2 is 1.67 bits per heavy atom. The normalized spacial score (nSPS) is 13.3. The molecule has 0 aliphatic heterocycles. The number of carbonyl (C=O) groups is 3. The quantitative estimate of drug-likeness (QED) is 0.112. The van der Waals surface area contributed by atoms with Gasteiger partial charge in [-0.05, 0) is 66.7 Å². The van der Waals surface area contributed by atoms with Crippen LogP contribution in [0.4, 0.5) is 0 Å². The van der Waals surface area contributed by atoms with Crippen molar-refractivity contribution >= 4 is 35.4 Å². The van der Waals surface area contributed by atoms with Gasteiger partial charge in [0, 0.05) is 30.7 Å². The molecule has 0 aromatic heterocycles. The molecule has 8 heteroatoms. The molecule has 1 aliphatic rings. The van der Waals surface area contributed by atoms with E-state index in [1.54, 1.807) is 18.7 Å². The monoisotopic (exact) mass is 491 g/mol. The number of unbranched alkanes of at least 4 members (excludes halogenated alkanes) is 2. The van der Waals surface area contributed by atoms with Crippen LogP contribution in [0.2, 0.25) is 0 Å². The topological polar surface area (TPSA) is 117 Å². The van der Waals surface area contributed by atoms with Crippen LogP contribution in [-0.4, -0.2) is 42.6 Å². The van der Waals surface area contributed by atoms with Gasteiger partial charge in [-0.15, -0.1) is 0 Å². The van der Waals surface area contributed by atoms with Crippen molar-refractivity contribution in [3.8, 4) is 5.75 Å². The number of amides is 3. The Bertz CT molecular complexity index is 1090.